The molecule has 0 bridgehead atoms. The summed E-state index contributed by atoms with van der Waals surface area (Å²) in [7, 11) is 0. The van der Waals surface area contributed by atoms with E-state index in [2.05, 4.69) is 4.98 Å². The molecule has 3 aromatic rings. The first kappa shape index (κ1) is 18.4. The second-order valence-corrected chi connectivity index (χ2v) is 7.03. The van der Waals surface area contributed by atoms with Crippen molar-refractivity contribution in [3.05, 3.63) is 69.6 Å². The molecule has 0 aliphatic carbocycles. The average Bonchev–Trinajstić information content (AvgIpc) is 3.06. The van der Waals surface area contributed by atoms with Crippen molar-refractivity contribution in [3.63, 3.8) is 0 Å². The molecule has 0 atom stereocenters. The molecule has 1 aromatic heterocycles. The van der Waals surface area contributed by atoms with Crippen LogP contribution in [0, 0.1) is 6.92 Å². The standard InChI is InChI=1S/C20H18ClNO3S/c1-3-24-20(23)17-18(25-12-15-6-4-5-7-16(15)21)22-19(26-17)14-10-8-13(2)9-11-14/h4-11H,3,12H2,1-2H3. The van der Waals surface area contributed by atoms with Crippen molar-refractivity contribution >= 4 is 28.9 Å². The van der Waals surface area contributed by atoms with Gasteiger partial charge in [-0.15, -0.1) is 11.3 Å². The van der Waals surface area contributed by atoms with Crippen LogP contribution in [0.1, 0.15) is 27.7 Å². The Balaban J connectivity index is 1.90. The molecule has 3 rings (SSSR count). The van der Waals surface area contributed by atoms with Crippen molar-refractivity contribution in [1.29, 1.82) is 0 Å². The van der Waals surface area contributed by atoms with Crippen LogP contribution >= 0.6 is 22.9 Å². The zero-order chi connectivity index (χ0) is 18.5. The summed E-state index contributed by atoms with van der Waals surface area (Å²) in [5, 5.41) is 1.32. The number of aromatic nitrogens is 1. The van der Waals surface area contributed by atoms with Crippen molar-refractivity contribution in [1.82, 2.24) is 4.98 Å². The van der Waals surface area contributed by atoms with E-state index < -0.39 is 5.97 Å². The summed E-state index contributed by atoms with van der Waals surface area (Å²) in [4.78, 5) is 17.2. The van der Waals surface area contributed by atoms with Gasteiger partial charge in [0.1, 0.15) is 11.6 Å². The highest BCUT2D eigenvalue weighted by Gasteiger charge is 2.22. The van der Waals surface area contributed by atoms with E-state index in [9.17, 15) is 4.79 Å². The van der Waals surface area contributed by atoms with Gasteiger partial charge in [0.2, 0.25) is 5.88 Å². The molecule has 0 aliphatic rings. The molecule has 2 aromatic carbocycles. The number of halogens is 1. The monoisotopic (exact) mass is 387 g/mol. The lowest BCUT2D eigenvalue weighted by atomic mass is 10.2. The fraction of sp³-hybridized carbons (Fsp3) is 0.200. The van der Waals surface area contributed by atoms with Crippen LogP contribution in [0.2, 0.25) is 5.02 Å². The largest absolute Gasteiger partial charge is 0.472 e. The third kappa shape index (κ3) is 4.23. The molecule has 26 heavy (non-hydrogen) atoms. The van der Waals surface area contributed by atoms with Gasteiger partial charge < -0.3 is 9.47 Å². The Morgan fingerprint density at radius 2 is 1.88 bits per heavy atom. The number of rotatable bonds is 6. The third-order valence-corrected chi connectivity index (χ3v) is 5.11. The molecule has 134 valence electrons. The number of aryl methyl sites for hydroxylation is 1. The Morgan fingerprint density at radius 3 is 2.58 bits per heavy atom. The Hall–Kier alpha value is -2.37. The van der Waals surface area contributed by atoms with E-state index in [1.807, 2.05) is 49.4 Å². The van der Waals surface area contributed by atoms with Crippen LogP contribution in [-0.2, 0) is 11.3 Å². The maximum atomic E-state index is 12.3. The summed E-state index contributed by atoms with van der Waals surface area (Å²) in [5.41, 5.74) is 2.92. The number of carbonyl (C=O) groups excluding carboxylic acids is 1. The Labute approximate surface area is 161 Å². The fourth-order valence-electron chi connectivity index (χ4n) is 2.31. The number of thiazole rings is 1. The third-order valence-electron chi connectivity index (χ3n) is 3.68. The van der Waals surface area contributed by atoms with Crippen LogP contribution in [0.15, 0.2) is 48.5 Å². The molecule has 0 fully saturated rings. The van der Waals surface area contributed by atoms with Gasteiger partial charge in [-0.25, -0.2) is 9.78 Å². The molecule has 0 aliphatic heterocycles. The first-order valence-corrected chi connectivity index (χ1v) is 9.39. The number of benzene rings is 2. The number of nitrogens with zero attached hydrogens (tertiary/aromatic N) is 1. The molecule has 4 nitrogen and oxygen atoms in total. The lowest BCUT2D eigenvalue weighted by Crippen LogP contribution is -2.06. The molecular formula is C20H18ClNO3S. The molecule has 0 radical (unpaired) electrons. The normalized spacial score (nSPS) is 10.6. The van der Waals surface area contributed by atoms with Crippen LogP contribution in [-0.4, -0.2) is 17.6 Å². The predicted molar refractivity (Wildman–Crippen MR) is 104 cm³/mol. The highest BCUT2D eigenvalue weighted by Crippen LogP contribution is 2.34. The first-order valence-electron chi connectivity index (χ1n) is 8.19. The average molecular weight is 388 g/mol. The number of hydrogen-bond acceptors (Lipinski definition) is 5. The first-order chi connectivity index (χ1) is 12.6. The topological polar surface area (TPSA) is 48.4 Å². The Bertz CT molecular complexity index is 906. The van der Waals surface area contributed by atoms with Crippen molar-refractivity contribution in [2.75, 3.05) is 6.61 Å². The van der Waals surface area contributed by atoms with Gasteiger partial charge in [0.15, 0.2) is 4.88 Å². The van der Waals surface area contributed by atoms with E-state index in [0.717, 1.165) is 16.7 Å². The summed E-state index contributed by atoms with van der Waals surface area (Å²) in [5.74, 6) is -0.165. The van der Waals surface area contributed by atoms with Crippen molar-refractivity contribution < 1.29 is 14.3 Å². The summed E-state index contributed by atoms with van der Waals surface area (Å²) < 4.78 is 10.9. The van der Waals surface area contributed by atoms with Gasteiger partial charge in [0.05, 0.1) is 6.61 Å². The second kappa shape index (κ2) is 8.34. The minimum absolute atomic E-state index is 0.225. The quantitative estimate of drug-likeness (QED) is 0.522. The number of ether oxygens (including phenoxy) is 2. The van der Waals surface area contributed by atoms with E-state index >= 15 is 0 Å². The second-order valence-electron chi connectivity index (χ2n) is 5.62. The minimum Gasteiger partial charge on any atom is -0.472 e. The fourth-order valence-corrected chi connectivity index (χ4v) is 3.41. The van der Waals surface area contributed by atoms with Crippen molar-refractivity contribution in [2.24, 2.45) is 0 Å². The van der Waals surface area contributed by atoms with Crippen LogP contribution in [0.5, 0.6) is 5.88 Å². The van der Waals surface area contributed by atoms with Crippen molar-refractivity contribution in [3.8, 4) is 16.5 Å². The van der Waals surface area contributed by atoms with Gasteiger partial charge in [0, 0.05) is 16.1 Å². The van der Waals surface area contributed by atoms with Crippen molar-refractivity contribution in [2.45, 2.75) is 20.5 Å². The van der Waals surface area contributed by atoms with Gasteiger partial charge in [-0.3, -0.25) is 0 Å². The van der Waals surface area contributed by atoms with E-state index in [1.54, 1.807) is 13.0 Å². The van der Waals surface area contributed by atoms with E-state index in [-0.39, 0.29) is 12.5 Å². The maximum absolute atomic E-state index is 12.3. The molecule has 1 heterocycles. The lowest BCUT2D eigenvalue weighted by molar-refractivity contribution is 0.0526. The number of carbonyl (C=O) groups is 1. The van der Waals surface area contributed by atoms with Gasteiger partial charge in [-0.2, -0.15) is 0 Å². The molecular weight excluding hydrogens is 370 g/mol. The van der Waals surface area contributed by atoms with Gasteiger partial charge in [-0.1, -0.05) is 59.6 Å². The van der Waals surface area contributed by atoms with Crippen LogP contribution in [0.25, 0.3) is 10.6 Å². The van der Waals surface area contributed by atoms with Crippen LogP contribution in [0.3, 0.4) is 0 Å². The minimum atomic E-state index is -0.433. The lowest BCUT2D eigenvalue weighted by Gasteiger charge is -2.07. The molecule has 6 heteroatoms. The molecule has 0 unspecified atom stereocenters. The molecule has 0 spiro atoms. The number of esters is 1. The summed E-state index contributed by atoms with van der Waals surface area (Å²) in [6.45, 7) is 4.31. The molecule has 0 saturated carbocycles. The summed E-state index contributed by atoms with van der Waals surface area (Å²) in [6, 6.07) is 15.4. The zero-order valence-corrected chi connectivity index (χ0v) is 16.1. The molecule has 0 saturated heterocycles. The Kier molecular flexibility index (Phi) is 5.91. The number of hydrogen-bond donors (Lipinski definition) is 0. The van der Waals surface area contributed by atoms with Crippen LogP contribution < -0.4 is 4.74 Å². The molecule has 0 amide bonds. The van der Waals surface area contributed by atoms with E-state index in [0.29, 0.717) is 21.5 Å². The highest BCUT2D eigenvalue weighted by atomic mass is 35.5. The van der Waals surface area contributed by atoms with E-state index in [1.165, 1.54) is 11.3 Å². The molecule has 0 N–H and O–H groups in total. The smallest absolute Gasteiger partial charge is 0.354 e. The Morgan fingerprint density at radius 1 is 1.15 bits per heavy atom. The van der Waals surface area contributed by atoms with Gasteiger partial charge in [0.25, 0.3) is 0 Å². The maximum Gasteiger partial charge on any atom is 0.354 e. The van der Waals surface area contributed by atoms with Gasteiger partial charge in [-0.05, 0) is 19.9 Å². The summed E-state index contributed by atoms with van der Waals surface area (Å²) in [6.07, 6.45) is 0. The van der Waals surface area contributed by atoms with E-state index in [4.69, 9.17) is 21.1 Å². The highest BCUT2D eigenvalue weighted by molar-refractivity contribution is 7.17. The zero-order valence-electron chi connectivity index (χ0n) is 14.5. The SMILES string of the molecule is CCOC(=O)c1sc(-c2ccc(C)cc2)nc1OCc1ccccc1Cl. The van der Waals surface area contributed by atoms with Crippen LogP contribution in [0.4, 0.5) is 0 Å². The summed E-state index contributed by atoms with van der Waals surface area (Å²) >= 11 is 7.43. The predicted octanol–water partition coefficient (Wildman–Crippen LogP) is 5.53. The van der Waals surface area contributed by atoms with Gasteiger partial charge >= 0.3 is 5.97 Å².